The summed E-state index contributed by atoms with van der Waals surface area (Å²) in [6, 6.07) is 15.1. The number of para-hydroxylation sites is 1. The van der Waals surface area contributed by atoms with Crippen molar-refractivity contribution in [3.05, 3.63) is 69.5 Å². The van der Waals surface area contributed by atoms with Crippen LogP contribution >= 0.6 is 23.4 Å². The van der Waals surface area contributed by atoms with E-state index in [-0.39, 0.29) is 16.9 Å². The Labute approximate surface area is 162 Å². The second-order valence-corrected chi connectivity index (χ2v) is 7.89. The van der Waals surface area contributed by atoms with Crippen molar-refractivity contribution in [1.29, 1.82) is 0 Å². The molecule has 0 aliphatic heterocycles. The molecule has 0 aliphatic rings. The van der Waals surface area contributed by atoms with Crippen LogP contribution < -0.4 is 5.56 Å². The molecule has 4 nitrogen and oxygen atoms in total. The number of hydrogen-bond donors (Lipinski definition) is 0. The van der Waals surface area contributed by atoms with Gasteiger partial charge in [0, 0.05) is 17.4 Å². The van der Waals surface area contributed by atoms with Crippen LogP contribution in [0.15, 0.2) is 58.5 Å². The lowest BCUT2D eigenvalue weighted by molar-refractivity contribution is 0.156. The van der Waals surface area contributed by atoms with Gasteiger partial charge in [-0.05, 0) is 37.6 Å². The highest BCUT2D eigenvalue weighted by atomic mass is 35.5. The van der Waals surface area contributed by atoms with Gasteiger partial charge in [0.25, 0.3) is 5.56 Å². The minimum absolute atomic E-state index is 0.0472. The van der Waals surface area contributed by atoms with Crippen molar-refractivity contribution in [1.82, 2.24) is 9.55 Å². The normalized spacial score (nSPS) is 13.7. The number of ether oxygens (including phenoxy) is 1. The number of methoxy groups -OCH3 is 1. The molecule has 0 unspecified atom stereocenters. The molecule has 3 aromatic rings. The molecule has 6 heteroatoms. The molecule has 2 aromatic carbocycles. The number of benzene rings is 2. The summed E-state index contributed by atoms with van der Waals surface area (Å²) in [5, 5.41) is 2.06. The first-order chi connectivity index (χ1) is 12.5. The lowest BCUT2D eigenvalue weighted by Gasteiger charge is -2.21. The fourth-order valence-electron chi connectivity index (χ4n) is 2.94. The van der Waals surface area contributed by atoms with Crippen molar-refractivity contribution in [3.8, 4) is 0 Å². The largest absolute Gasteiger partial charge is 0.383 e. The summed E-state index contributed by atoms with van der Waals surface area (Å²) >= 11 is 7.87. The van der Waals surface area contributed by atoms with Gasteiger partial charge >= 0.3 is 0 Å². The molecule has 0 N–H and O–H groups in total. The van der Waals surface area contributed by atoms with Gasteiger partial charge in [-0.1, -0.05) is 53.7 Å². The van der Waals surface area contributed by atoms with E-state index >= 15 is 0 Å². The van der Waals surface area contributed by atoms with Crippen molar-refractivity contribution in [2.75, 3.05) is 13.7 Å². The van der Waals surface area contributed by atoms with Crippen LogP contribution in [0.25, 0.3) is 10.9 Å². The van der Waals surface area contributed by atoms with Gasteiger partial charge in [0.05, 0.1) is 23.6 Å². The monoisotopic (exact) mass is 388 g/mol. The zero-order valence-electron chi connectivity index (χ0n) is 15.0. The molecule has 136 valence electrons. The highest BCUT2D eigenvalue weighted by Crippen LogP contribution is 2.37. The molecule has 0 amide bonds. The maximum absolute atomic E-state index is 13.1. The maximum atomic E-state index is 13.1. The predicted octanol–water partition coefficient (Wildman–Crippen LogP) is 5.11. The van der Waals surface area contributed by atoms with Crippen LogP contribution in [0.2, 0.25) is 5.02 Å². The molecule has 0 bridgehead atoms. The third-order valence-corrected chi connectivity index (χ3v) is 5.70. The van der Waals surface area contributed by atoms with E-state index in [1.54, 1.807) is 11.7 Å². The molecular weight excluding hydrogens is 368 g/mol. The van der Waals surface area contributed by atoms with Gasteiger partial charge in [-0.25, -0.2) is 4.98 Å². The summed E-state index contributed by atoms with van der Waals surface area (Å²) in [4.78, 5) is 17.8. The van der Waals surface area contributed by atoms with Crippen molar-refractivity contribution in [2.24, 2.45) is 0 Å². The number of rotatable bonds is 6. The Balaban J connectivity index is 2.10. The number of hydrogen-bond acceptors (Lipinski definition) is 4. The van der Waals surface area contributed by atoms with Crippen molar-refractivity contribution >= 4 is 34.3 Å². The molecule has 0 fully saturated rings. The van der Waals surface area contributed by atoms with E-state index in [9.17, 15) is 4.79 Å². The molecule has 0 spiro atoms. The van der Waals surface area contributed by atoms with E-state index in [4.69, 9.17) is 21.3 Å². The molecular formula is C20H21ClN2O2S. The Morgan fingerprint density at radius 2 is 1.85 bits per heavy atom. The number of nitrogens with zero attached hydrogens (tertiary/aromatic N) is 2. The molecule has 1 heterocycles. The van der Waals surface area contributed by atoms with E-state index in [1.807, 2.05) is 55.5 Å². The lowest BCUT2D eigenvalue weighted by Crippen LogP contribution is -2.28. The first-order valence-electron chi connectivity index (χ1n) is 8.44. The Morgan fingerprint density at radius 1 is 1.15 bits per heavy atom. The van der Waals surface area contributed by atoms with Crippen molar-refractivity contribution in [2.45, 2.75) is 30.3 Å². The molecule has 0 saturated heterocycles. The van der Waals surface area contributed by atoms with Crippen molar-refractivity contribution in [3.63, 3.8) is 0 Å². The van der Waals surface area contributed by atoms with Gasteiger partial charge in [-0.2, -0.15) is 0 Å². The summed E-state index contributed by atoms with van der Waals surface area (Å²) in [7, 11) is 1.63. The predicted molar refractivity (Wildman–Crippen MR) is 108 cm³/mol. The molecule has 3 rings (SSSR count). The number of fused-ring (bicyclic) bond motifs is 1. The number of aromatic nitrogens is 2. The average Bonchev–Trinajstić information content (AvgIpc) is 2.62. The number of halogens is 1. The Hall–Kier alpha value is -1.82. The summed E-state index contributed by atoms with van der Waals surface area (Å²) < 4.78 is 7.00. The van der Waals surface area contributed by atoms with Crippen LogP contribution in [0.4, 0.5) is 0 Å². The zero-order chi connectivity index (χ0) is 18.7. The third-order valence-electron chi connectivity index (χ3n) is 4.25. The molecule has 0 radical (unpaired) electrons. The second-order valence-electron chi connectivity index (χ2n) is 6.17. The fraction of sp³-hybridized carbons (Fsp3) is 0.300. The fourth-order valence-corrected chi connectivity index (χ4v) is 4.48. The summed E-state index contributed by atoms with van der Waals surface area (Å²) in [5.41, 5.74) is 1.67. The highest BCUT2D eigenvalue weighted by Gasteiger charge is 2.20. The highest BCUT2D eigenvalue weighted by molar-refractivity contribution is 7.99. The molecule has 26 heavy (non-hydrogen) atoms. The second kappa shape index (κ2) is 8.25. The summed E-state index contributed by atoms with van der Waals surface area (Å²) in [6.07, 6.45) is 0. The maximum Gasteiger partial charge on any atom is 0.262 e. The van der Waals surface area contributed by atoms with Gasteiger partial charge in [-0.15, -0.1) is 0 Å². The van der Waals surface area contributed by atoms with E-state index < -0.39 is 0 Å². The van der Waals surface area contributed by atoms with Crippen LogP contribution in [0.1, 0.15) is 30.7 Å². The minimum Gasteiger partial charge on any atom is -0.383 e. The van der Waals surface area contributed by atoms with Gasteiger partial charge < -0.3 is 4.74 Å². The smallest absolute Gasteiger partial charge is 0.262 e. The summed E-state index contributed by atoms with van der Waals surface area (Å²) in [6.45, 7) is 4.47. The van der Waals surface area contributed by atoms with E-state index in [0.717, 1.165) is 5.56 Å². The topological polar surface area (TPSA) is 44.1 Å². The first kappa shape index (κ1) is 19.0. The quantitative estimate of drug-likeness (QED) is 0.434. The van der Waals surface area contributed by atoms with Gasteiger partial charge in [0.2, 0.25) is 0 Å². The Kier molecular flexibility index (Phi) is 6.01. The van der Waals surface area contributed by atoms with E-state index in [0.29, 0.717) is 27.7 Å². The van der Waals surface area contributed by atoms with Crippen LogP contribution in [0, 0.1) is 0 Å². The average molecular weight is 389 g/mol. The van der Waals surface area contributed by atoms with E-state index in [2.05, 4.69) is 6.92 Å². The van der Waals surface area contributed by atoms with E-state index in [1.165, 1.54) is 11.8 Å². The Morgan fingerprint density at radius 3 is 2.58 bits per heavy atom. The van der Waals surface area contributed by atoms with Gasteiger partial charge in [0.1, 0.15) is 0 Å². The van der Waals surface area contributed by atoms with Crippen LogP contribution in [-0.2, 0) is 4.74 Å². The van der Waals surface area contributed by atoms with Crippen LogP contribution in [0.3, 0.4) is 0 Å². The van der Waals surface area contributed by atoms with Crippen molar-refractivity contribution < 1.29 is 4.74 Å². The summed E-state index contributed by atoms with van der Waals surface area (Å²) in [5.74, 6) is 0. The molecule has 0 aliphatic carbocycles. The molecule has 0 saturated carbocycles. The molecule has 2 atom stereocenters. The van der Waals surface area contributed by atoms with Crippen LogP contribution in [-0.4, -0.2) is 23.3 Å². The lowest BCUT2D eigenvalue weighted by atomic mass is 10.2. The third kappa shape index (κ3) is 3.80. The standard InChI is InChI=1S/C20H21ClN2O2S/c1-13(12-25-3)23-19(24)16-9-5-7-11-18(16)22-20(23)26-14(2)15-8-4-6-10-17(15)21/h4-11,13-14H,12H2,1-3H3/t13-,14+/m1/s1. The van der Waals surface area contributed by atoms with Crippen LogP contribution in [0.5, 0.6) is 0 Å². The minimum atomic E-state index is -0.120. The molecule has 1 aromatic heterocycles. The van der Waals surface area contributed by atoms with Gasteiger partial charge in [-0.3, -0.25) is 9.36 Å². The number of thioether (sulfide) groups is 1. The SMILES string of the molecule is COC[C@@H](C)n1c(S[C@@H](C)c2ccccc2Cl)nc2ccccc2c1=O. The first-order valence-corrected chi connectivity index (χ1v) is 9.70. The zero-order valence-corrected chi connectivity index (χ0v) is 16.6. The Bertz CT molecular complexity index is 973. The van der Waals surface area contributed by atoms with Gasteiger partial charge in [0.15, 0.2) is 5.16 Å².